The Balaban J connectivity index is 2.96. The molecule has 0 spiro atoms. The molecule has 1 aromatic rings. The van der Waals surface area contributed by atoms with Crippen LogP contribution in [0.25, 0.3) is 0 Å². The first-order chi connectivity index (χ1) is 6.15. The van der Waals surface area contributed by atoms with Crippen LogP contribution in [0.3, 0.4) is 0 Å². The van der Waals surface area contributed by atoms with E-state index in [9.17, 15) is 5.11 Å². The zero-order chi connectivity index (χ0) is 9.84. The Bertz CT molecular complexity index is 334. The predicted octanol–water partition coefficient (Wildman–Crippen LogP) is 3.10. The van der Waals surface area contributed by atoms with Crippen molar-refractivity contribution in [2.45, 2.75) is 13.0 Å². The van der Waals surface area contributed by atoms with Crippen molar-refractivity contribution < 1.29 is 5.11 Å². The van der Waals surface area contributed by atoms with E-state index in [0.717, 1.165) is 5.56 Å². The predicted molar refractivity (Wildman–Crippen MR) is 54.7 cm³/mol. The van der Waals surface area contributed by atoms with Crippen LogP contribution in [0.15, 0.2) is 42.1 Å². The fraction of sp³-hybridized carbons (Fsp3) is 0.182. The summed E-state index contributed by atoms with van der Waals surface area (Å²) in [6, 6.07) is 7.06. The van der Waals surface area contributed by atoms with Crippen molar-refractivity contribution >= 4 is 11.6 Å². The first kappa shape index (κ1) is 10.1. The van der Waals surface area contributed by atoms with E-state index in [1.165, 1.54) is 0 Å². The average molecular weight is 195 g/mol. The van der Waals surface area contributed by atoms with Crippen LogP contribution in [0.1, 0.15) is 18.6 Å². The van der Waals surface area contributed by atoms with Crippen LogP contribution in [0, 0.1) is 0 Å². The summed E-state index contributed by atoms with van der Waals surface area (Å²) in [5.74, 6) is 0. The second kappa shape index (κ2) is 4.29. The molecule has 1 unspecified atom stereocenters. The van der Waals surface area contributed by atoms with Crippen molar-refractivity contribution in [2.24, 2.45) is 0 Å². The van der Waals surface area contributed by atoms with E-state index in [1.54, 1.807) is 31.2 Å². The fourth-order valence-corrected chi connectivity index (χ4v) is 1.12. The first-order valence-electron chi connectivity index (χ1n) is 3.95. The lowest BCUT2D eigenvalue weighted by Gasteiger charge is -2.09. The third-order valence-corrected chi connectivity index (χ3v) is 2.13. The quantitative estimate of drug-likeness (QED) is 0.718. The minimum Gasteiger partial charge on any atom is -0.383 e. The number of hydrogen-bond acceptors (Lipinski definition) is 1. The number of aliphatic hydroxyl groups excluding tert-OH is 1. The van der Waals surface area contributed by atoms with Gasteiger partial charge in [0.05, 0.1) is 0 Å². The third-order valence-electron chi connectivity index (χ3n) is 1.87. The Morgan fingerprint density at radius 1 is 1.46 bits per heavy atom. The molecular formula is C11H11ClO. The third kappa shape index (κ3) is 2.46. The molecule has 0 aliphatic carbocycles. The van der Waals surface area contributed by atoms with Gasteiger partial charge in [0.2, 0.25) is 0 Å². The van der Waals surface area contributed by atoms with Crippen LogP contribution in [0.4, 0.5) is 0 Å². The second-order valence-electron chi connectivity index (χ2n) is 2.81. The van der Waals surface area contributed by atoms with Gasteiger partial charge in [0.25, 0.3) is 0 Å². The molecule has 1 nitrogen and oxygen atoms in total. The molecule has 2 heteroatoms. The zero-order valence-electron chi connectivity index (χ0n) is 7.42. The van der Waals surface area contributed by atoms with Gasteiger partial charge in [-0.2, -0.15) is 0 Å². The molecule has 0 radical (unpaired) electrons. The molecule has 1 aromatic carbocycles. The van der Waals surface area contributed by atoms with Crippen LogP contribution < -0.4 is 0 Å². The van der Waals surface area contributed by atoms with E-state index in [-0.39, 0.29) is 0 Å². The van der Waals surface area contributed by atoms with Gasteiger partial charge >= 0.3 is 0 Å². The number of rotatable bonds is 2. The summed E-state index contributed by atoms with van der Waals surface area (Å²) in [5, 5.41) is 10.4. The molecule has 0 saturated heterocycles. The lowest BCUT2D eigenvalue weighted by Crippen LogP contribution is -1.97. The molecule has 0 aliphatic rings. The SMILES string of the molecule is C=C=C(C)C(O)c1ccc(Cl)cc1. The molecule has 0 fully saturated rings. The molecule has 0 bridgehead atoms. The van der Waals surface area contributed by atoms with Crippen molar-refractivity contribution in [3.05, 3.63) is 52.7 Å². The van der Waals surface area contributed by atoms with E-state index in [0.29, 0.717) is 10.6 Å². The van der Waals surface area contributed by atoms with Gasteiger partial charge in [-0.15, -0.1) is 5.73 Å². The lowest BCUT2D eigenvalue weighted by atomic mass is 10.0. The summed E-state index contributed by atoms with van der Waals surface area (Å²) in [5.41, 5.74) is 4.18. The van der Waals surface area contributed by atoms with Crippen molar-refractivity contribution in [2.75, 3.05) is 0 Å². The summed E-state index contributed by atoms with van der Waals surface area (Å²) >= 11 is 5.71. The monoisotopic (exact) mass is 194 g/mol. The van der Waals surface area contributed by atoms with E-state index in [4.69, 9.17) is 11.6 Å². The Labute approximate surface area is 83.0 Å². The van der Waals surface area contributed by atoms with Crippen LogP contribution in [0.2, 0.25) is 5.02 Å². The summed E-state index contributed by atoms with van der Waals surface area (Å²) in [6.45, 7) is 5.26. The van der Waals surface area contributed by atoms with Gasteiger partial charge in [-0.1, -0.05) is 30.3 Å². The highest BCUT2D eigenvalue weighted by Gasteiger charge is 2.07. The maximum atomic E-state index is 9.70. The van der Waals surface area contributed by atoms with Gasteiger partial charge in [0.15, 0.2) is 0 Å². The zero-order valence-corrected chi connectivity index (χ0v) is 8.17. The minimum absolute atomic E-state index is 0.630. The standard InChI is InChI=1S/C11H11ClO/c1-3-8(2)11(13)9-4-6-10(12)7-5-9/h4-7,11,13H,1H2,2H3. The molecule has 0 aromatic heterocycles. The number of hydrogen-bond donors (Lipinski definition) is 1. The molecule has 0 aliphatic heterocycles. The Morgan fingerprint density at radius 2 is 2.00 bits per heavy atom. The highest BCUT2D eigenvalue weighted by molar-refractivity contribution is 6.30. The average Bonchev–Trinajstić information content (AvgIpc) is 2.17. The minimum atomic E-state index is -0.630. The van der Waals surface area contributed by atoms with Crippen molar-refractivity contribution in [1.82, 2.24) is 0 Å². The molecule has 0 amide bonds. The van der Waals surface area contributed by atoms with Gasteiger partial charge in [0, 0.05) is 10.6 Å². The van der Waals surface area contributed by atoms with Gasteiger partial charge in [-0.05, 0) is 24.6 Å². The number of halogens is 1. The normalized spacial score (nSPS) is 11.9. The summed E-state index contributed by atoms with van der Waals surface area (Å²) < 4.78 is 0. The highest BCUT2D eigenvalue weighted by Crippen LogP contribution is 2.21. The van der Waals surface area contributed by atoms with Gasteiger partial charge in [-0.25, -0.2) is 0 Å². The molecule has 68 valence electrons. The Morgan fingerprint density at radius 3 is 2.46 bits per heavy atom. The van der Waals surface area contributed by atoms with Gasteiger partial charge < -0.3 is 5.11 Å². The lowest BCUT2D eigenvalue weighted by molar-refractivity contribution is 0.216. The van der Waals surface area contributed by atoms with Crippen LogP contribution in [-0.4, -0.2) is 5.11 Å². The van der Waals surface area contributed by atoms with E-state index in [1.807, 2.05) is 0 Å². The summed E-state index contributed by atoms with van der Waals surface area (Å²) in [7, 11) is 0. The van der Waals surface area contributed by atoms with Gasteiger partial charge in [0.1, 0.15) is 6.10 Å². The van der Waals surface area contributed by atoms with Crippen molar-refractivity contribution in [3.63, 3.8) is 0 Å². The van der Waals surface area contributed by atoms with E-state index < -0.39 is 6.10 Å². The smallest absolute Gasteiger partial charge is 0.107 e. The van der Waals surface area contributed by atoms with Crippen LogP contribution in [0.5, 0.6) is 0 Å². The number of benzene rings is 1. The first-order valence-corrected chi connectivity index (χ1v) is 4.33. The van der Waals surface area contributed by atoms with Crippen molar-refractivity contribution in [3.8, 4) is 0 Å². The number of aliphatic hydroxyl groups is 1. The maximum Gasteiger partial charge on any atom is 0.107 e. The van der Waals surface area contributed by atoms with Crippen molar-refractivity contribution in [1.29, 1.82) is 0 Å². The summed E-state index contributed by atoms with van der Waals surface area (Å²) in [4.78, 5) is 0. The molecule has 13 heavy (non-hydrogen) atoms. The molecule has 0 saturated carbocycles. The second-order valence-corrected chi connectivity index (χ2v) is 3.25. The molecule has 1 N–H and O–H groups in total. The van der Waals surface area contributed by atoms with Gasteiger partial charge in [-0.3, -0.25) is 0 Å². The molecular weight excluding hydrogens is 184 g/mol. The summed E-state index contributed by atoms with van der Waals surface area (Å²) in [6.07, 6.45) is -0.630. The molecule has 1 rings (SSSR count). The molecule has 1 atom stereocenters. The topological polar surface area (TPSA) is 20.2 Å². The molecule has 0 heterocycles. The Hall–Kier alpha value is -1.01. The fourth-order valence-electron chi connectivity index (χ4n) is 0.992. The largest absolute Gasteiger partial charge is 0.383 e. The highest BCUT2D eigenvalue weighted by atomic mass is 35.5. The Kier molecular flexibility index (Phi) is 3.32. The van der Waals surface area contributed by atoms with E-state index >= 15 is 0 Å². The van der Waals surface area contributed by atoms with Crippen LogP contribution >= 0.6 is 11.6 Å². The van der Waals surface area contributed by atoms with E-state index in [2.05, 4.69) is 12.3 Å². The van der Waals surface area contributed by atoms with Crippen LogP contribution in [-0.2, 0) is 0 Å². The maximum absolute atomic E-state index is 9.70.